The molecular weight excluding hydrogens is 206 g/mol. The van der Waals surface area contributed by atoms with E-state index in [9.17, 15) is 0 Å². The minimum Gasteiger partial charge on any atom is -0.385 e. The molecule has 0 aliphatic heterocycles. The average Bonchev–Trinajstić information content (AvgIpc) is 2.22. The Hall–Kier alpha value is -0.690. The van der Waals surface area contributed by atoms with Gasteiger partial charge in [-0.15, -0.1) is 0 Å². The van der Waals surface area contributed by atoms with Crippen molar-refractivity contribution in [1.29, 1.82) is 0 Å². The highest BCUT2D eigenvalue weighted by atomic mass is 35.5. The summed E-state index contributed by atoms with van der Waals surface area (Å²) >= 11 is 5.91. The molecular formula is C13H20ClN. The first-order chi connectivity index (χ1) is 7.17. The minimum atomic E-state index is 0.764. The van der Waals surface area contributed by atoms with E-state index in [0.29, 0.717) is 0 Å². The molecule has 0 spiro atoms. The Morgan fingerprint density at radius 3 is 2.47 bits per heavy atom. The van der Waals surface area contributed by atoms with Crippen LogP contribution in [0.1, 0.15) is 32.3 Å². The van der Waals surface area contributed by atoms with Gasteiger partial charge in [0.15, 0.2) is 0 Å². The second-order valence-electron chi connectivity index (χ2n) is 4.02. The Bertz CT molecular complexity index is 305. The maximum absolute atomic E-state index is 5.91. The average molecular weight is 226 g/mol. The van der Waals surface area contributed by atoms with E-state index in [1.54, 1.807) is 0 Å². The number of hydrogen-bond donors (Lipinski definition) is 1. The molecule has 0 heterocycles. The van der Waals surface area contributed by atoms with Crippen molar-refractivity contribution in [2.45, 2.75) is 33.6 Å². The number of anilines is 1. The zero-order valence-electron chi connectivity index (χ0n) is 9.81. The summed E-state index contributed by atoms with van der Waals surface area (Å²) in [6, 6.07) is 5.99. The van der Waals surface area contributed by atoms with Crippen LogP contribution in [-0.2, 0) is 0 Å². The Morgan fingerprint density at radius 2 is 1.93 bits per heavy atom. The smallest absolute Gasteiger partial charge is 0.0410 e. The highest BCUT2D eigenvalue weighted by Gasteiger charge is 2.04. The molecule has 0 fully saturated rings. The van der Waals surface area contributed by atoms with E-state index in [2.05, 4.69) is 32.2 Å². The normalized spacial score (nSPS) is 10.7. The summed E-state index contributed by atoms with van der Waals surface area (Å²) in [5.41, 5.74) is 2.42. The molecule has 0 amide bonds. The molecule has 1 rings (SSSR count). The molecule has 0 atom stereocenters. The molecule has 0 unspecified atom stereocenters. The highest BCUT2D eigenvalue weighted by molar-refractivity contribution is 6.30. The molecule has 0 bridgehead atoms. The summed E-state index contributed by atoms with van der Waals surface area (Å²) < 4.78 is 0. The van der Waals surface area contributed by atoms with Gasteiger partial charge in [-0.3, -0.25) is 0 Å². The molecule has 1 aromatic rings. The summed E-state index contributed by atoms with van der Waals surface area (Å²) in [5, 5.41) is 4.29. The first-order valence-corrected chi connectivity index (χ1v) is 6.05. The zero-order chi connectivity index (χ0) is 11.3. The minimum absolute atomic E-state index is 0.764. The summed E-state index contributed by atoms with van der Waals surface area (Å²) in [6.07, 6.45) is 2.46. The maximum Gasteiger partial charge on any atom is 0.0410 e. The SMILES string of the molecule is CCC(CC)CNc1ccc(Cl)cc1C. The lowest BCUT2D eigenvalue weighted by Crippen LogP contribution is -2.13. The molecule has 1 aromatic carbocycles. The lowest BCUT2D eigenvalue weighted by atomic mass is 10.0. The first-order valence-electron chi connectivity index (χ1n) is 5.67. The quantitative estimate of drug-likeness (QED) is 0.778. The van der Waals surface area contributed by atoms with Gasteiger partial charge in [0, 0.05) is 17.3 Å². The van der Waals surface area contributed by atoms with Gasteiger partial charge in [-0.2, -0.15) is 0 Å². The van der Waals surface area contributed by atoms with Crippen LogP contribution in [-0.4, -0.2) is 6.54 Å². The lowest BCUT2D eigenvalue weighted by Gasteiger charge is -2.15. The standard InChI is InChI=1S/C13H20ClN/c1-4-11(5-2)9-15-13-7-6-12(14)8-10(13)3/h6-8,11,15H,4-5,9H2,1-3H3. The van der Waals surface area contributed by atoms with Crippen LogP contribution in [0, 0.1) is 12.8 Å². The highest BCUT2D eigenvalue weighted by Crippen LogP contribution is 2.20. The van der Waals surface area contributed by atoms with Gasteiger partial charge in [0.25, 0.3) is 0 Å². The molecule has 0 saturated carbocycles. The van der Waals surface area contributed by atoms with Gasteiger partial charge in [0.2, 0.25) is 0 Å². The Balaban J connectivity index is 2.57. The van der Waals surface area contributed by atoms with E-state index in [-0.39, 0.29) is 0 Å². The number of halogens is 1. The van der Waals surface area contributed by atoms with Gasteiger partial charge < -0.3 is 5.32 Å². The fraction of sp³-hybridized carbons (Fsp3) is 0.538. The van der Waals surface area contributed by atoms with Crippen LogP contribution in [0.25, 0.3) is 0 Å². The van der Waals surface area contributed by atoms with Crippen molar-refractivity contribution >= 4 is 17.3 Å². The second-order valence-corrected chi connectivity index (χ2v) is 4.46. The molecule has 0 aliphatic carbocycles. The van der Waals surface area contributed by atoms with Crippen LogP contribution < -0.4 is 5.32 Å². The van der Waals surface area contributed by atoms with Crippen LogP contribution in [0.2, 0.25) is 5.02 Å². The largest absolute Gasteiger partial charge is 0.385 e. The molecule has 84 valence electrons. The van der Waals surface area contributed by atoms with Crippen LogP contribution in [0.4, 0.5) is 5.69 Å². The van der Waals surface area contributed by atoms with Gasteiger partial charge in [0.05, 0.1) is 0 Å². The lowest BCUT2D eigenvalue weighted by molar-refractivity contribution is 0.519. The van der Waals surface area contributed by atoms with E-state index in [4.69, 9.17) is 11.6 Å². The van der Waals surface area contributed by atoms with Crippen molar-refractivity contribution in [2.75, 3.05) is 11.9 Å². The van der Waals surface area contributed by atoms with E-state index in [1.807, 2.05) is 12.1 Å². The Morgan fingerprint density at radius 1 is 1.27 bits per heavy atom. The van der Waals surface area contributed by atoms with Gasteiger partial charge in [-0.25, -0.2) is 0 Å². The monoisotopic (exact) mass is 225 g/mol. The molecule has 2 heteroatoms. The predicted molar refractivity (Wildman–Crippen MR) is 68.8 cm³/mol. The number of nitrogens with one attached hydrogen (secondary N) is 1. The van der Waals surface area contributed by atoms with Gasteiger partial charge in [-0.05, 0) is 36.6 Å². The first kappa shape index (κ1) is 12.4. The molecule has 1 nitrogen and oxygen atoms in total. The van der Waals surface area contributed by atoms with Gasteiger partial charge in [0.1, 0.15) is 0 Å². The number of aryl methyl sites for hydroxylation is 1. The third kappa shape index (κ3) is 3.75. The molecule has 0 radical (unpaired) electrons. The van der Waals surface area contributed by atoms with Gasteiger partial charge >= 0.3 is 0 Å². The third-order valence-corrected chi connectivity index (χ3v) is 3.16. The third-order valence-electron chi connectivity index (χ3n) is 2.92. The molecule has 15 heavy (non-hydrogen) atoms. The molecule has 1 N–H and O–H groups in total. The van der Waals surface area contributed by atoms with E-state index in [0.717, 1.165) is 17.5 Å². The van der Waals surface area contributed by atoms with Crippen molar-refractivity contribution < 1.29 is 0 Å². The van der Waals surface area contributed by atoms with Crippen molar-refractivity contribution in [2.24, 2.45) is 5.92 Å². The second kappa shape index (κ2) is 6.02. The molecule has 0 saturated heterocycles. The topological polar surface area (TPSA) is 12.0 Å². The van der Waals surface area contributed by atoms with Crippen molar-refractivity contribution in [3.63, 3.8) is 0 Å². The molecule has 0 aromatic heterocycles. The summed E-state index contributed by atoms with van der Waals surface area (Å²) in [5.74, 6) is 0.764. The van der Waals surface area contributed by atoms with E-state index in [1.165, 1.54) is 24.1 Å². The van der Waals surface area contributed by atoms with Gasteiger partial charge in [-0.1, -0.05) is 38.3 Å². The predicted octanol–water partition coefficient (Wildman–Crippen LogP) is 4.50. The summed E-state index contributed by atoms with van der Waals surface area (Å²) in [4.78, 5) is 0. The summed E-state index contributed by atoms with van der Waals surface area (Å²) in [7, 11) is 0. The van der Waals surface area contributed by atoms with Crippen LogP contribution in [0.5, 0.6) is 0 Å². The Kier molecular flexibility index (Phi) is 4.97. The van der Waals surface area contributed by atoms with Crippen LogP contribution >= 0.6 is 11.6 Å². The van der Waals surface area contributed by atoms with Crippen LogP contribution in [0.3, 0.4) is 0 Å². The van der Waals surface area contributed by atoms with Crippen molar-refractivity contribution in [3.05, 3.63) is 28.8 Å². The summed E-state index contributed by atoms with van der Waals surface area (Å²) in [6.45, 7) is 7.62. The van der Waals surface area contributed by atoms with Crippen molar-refractivity contribution in [3.8, 4) is 0 Å². The Labute approximate surface area is 97.8 Å². The van der Waals surface area contributed by atoms with Crippen molar-refractivity contribution in [1.82, 2.24) is 0 Å². The number of rotatable bonds is 5. The zero-order valence-corrected chi connectivity index (χ0v) is 10.6. The van der Waals surface area contributed by atoms with E-state index >= 15 is 0 Å². The maximum atomic E-state index is 5.91. The number of benzene rings is 1. The molecule has 0 aliphatic rings. The van der Waals surface area contributed by atoms with Crippen LogP contribution in [0.15, 0.2) is 18.2 Å². The number of hydrogen-bond acceptors (Lipinski definition) is 1. The fourth-order valence-corrected chi connectivity index (χ4v) is 1.88. The fourth-order valence-electron chi connectivity index (χ4n) is 1.66. The van der Waals surface area contributed by atoms with E-state index < -0.39 is 0 Å².